The van der Waals surface area contributed by atoms with Crippen molar-refractivity contribution in [3.05, 3.63) is 24.0 Å². The molecule has 2 heterocycles. The molecule has 0 bridgehead atoms. The molecule has 124 valence electrons. The summed E-state index contributed by atoms with van der Waals surface area (Å²) in [7, 11) is 0. The molecule has 0 aromatic heterocycles. The first-order chi connectivity index (χ1) is 11.1. The molecule has 8 heteroatoms. The van der Waals surface area contributed by atoms with E-state index in [9.17, 15) is 14.0 Å². The van der Waals surface area contributed by atoms with Crippen LogP contribution in [0.3, 0.4) is 0 Å². The Bertz CT molecular complexity index is 617. The highest BCUT2D eigenvalue weighted by molar-refractivity contribution is 5.89. The lowest BCUT2D eigenvalue weighted by molar-refractivity contribution is -0.134. The van der Waals surface area contributed by atoms with Crippen LogP contribution in [0.1, 0.15) is 0 Å². The zero-order valence-electron chi connectivity index (χ0n) is 12.6. The standard InChI is InChI=1S/C15H18FN3O4/c16-12-9-11(19-7-8-23-15(19)22)1-2-13(12)17-3-5-18(6-4-17)14(21)10-20/h1-2,9,20H,3-8,10H2. The number of aliphatic hydroxyl groups is 1. The van der Waals surface area contributed by atoms with Crippen molar-refractivity contribution in [3.63, 3.8) is 0 Å². The Hall–Kier alpha value is -2.35. The van der Waals surface area contributed by atoms with Gasteiger partial charge in [-0.25, -0.2) is 9.18 Å². The number of carbonyl (C=O) groups is 2. The van der Waals surface area contributed by atoms with Crippen molar-refractivity contribution in [3.8, 4) is 0 Å². The minimum absolute atomic E-state index is 0.309. The van der Waals surface area contributed by atoms with E-state index in [-0.39, 0.29) is 5.91 Å². The van der Waals surface area contributed by atoms with Crippen molar-refractivity contribution < 1.29 is 23.8 Å². The highest BCUT2D eigenvalue weighted by Crippen LogP contribution is 2.27. The highest BCUT2D eigenvalue weighted by Gasteiger charge is 2.26. The van der Waals surface area contributed by atoms with Gasteiger partial charge in [0.25, 0.3) is 0 Å². The summed E-state index contributed by atoms with van der Waals surface area (Å²) in [5.41, 5.74) is 0.917. The van der Waals surface area contributed by atoms with Crippen LogP contribution in [0.25, 0.3) is 0 Å². The maximum atomic E-state index is 14.4. The summed E-state index contributed by atoms with van der Waals surface area (Å²) in [5, 5.41) is 8.86. The van der Waals surface area contributed by atoms with E-state index in [1.54, 1.807) is 17.0 Å². The summed E-state index contributed by atoms with van der Waals surface area (Å²) in [6.07, 6.45) is -0.465. The van der Waals surface area contributed by atoms with Crippen LogP contribution in [-0.4, -0.2) is 67.9 Å². The molecular weight excluding hydrogens is 305 g/mol. The van der Waals surface area contributed by atoms with Gasteiger partial charge in [-0.2, -0.15) is 0 Å². The predicted molar refractivity (Wildman–Crippen MR) is 81.0 cm³/mol. The minimum Gasteiger partial charge on any atom is -0.447 e. The van der Waals surface area contributed by atoms with Crippen LogP contribution < -0.4 is 9.80 Å². The largest absolute Gasteiger partial charge is 0.447 e. The second-order valence-electron chi connectivity index (χ2n) is 5.43. The molecule has 1 N–H and O–H groups in total. The number of halogens is 1. The lowest BCUT2D eigenvalue weighted by atomic mass is 10.2. The zero-order chi connectivity index (χ0) is 16.4. The van der Waals surface area contributed by atoms with Crippen LogP contribution in [0.15, 0.2) is 18.2 Å². The van der Waals surface area contributed by atoms with Crippen molar-refractivity contribution >= 4 is 23.4 Å². The Morgan fingerprint density at radius 2 is 1.96 bits per heavy atom. The van der Waals surface area contributed by atoms with Crippen LogP contribution >= 0.6 is 0 Å². The number of piperazine rings is 1. The van der Waals surface area contributed by atoms with Gasteiger partial charge < -0.3 is 19.6 Å². The Labute approximate surface area is 132 Å². The molecule has 2 saturated heterocycles. The molecule has 2 fully saturated rings. The second kappa shape index (κ2) is 6.41. The molecule has 0 unspecified atom stereocenters. The number of rotatable bonds is 3. The SMILES string of the molecule is O=C(CO)N1CCN(c2ccc(N3CCOC3=O)cc2F)CC1. The van der Waals surface area contributed by atoms with Crippen LogP contribution in [0, 0.1) is 5.82 Å². The van der Waals surface area contributed by atoms with Gasteiger partial charge in [0, 0.05) is 26.2 Å². The fourth-order valence-electron chi connectivity index (χ4n) is 2.84. The van der Waals surface area contributed by atoms with E-state index >= 15 is 0 Å². The van der Waals surface area contributed by atoms with Crippen molar-refractivity contribution in [2.24, 2.45) is 0 Å². The van der Waals surface area contributed by atoms with Crippen LogP contribution in [0.2, 0.25) is 0 Å². The number of amides is 2. The van der Waals surface area contributed by atoms with Gasteiger partial charge in [0.1, 0.15) is 19.0 Å². The summed E-state index contributed by atoms with van der Waals surface area (Å²) in [6, 6.07) is 4.66. The Kier molecular flexibility index (Phi) is 4.33. The van der Waals surface area contributed by atoms with E-state index in [0.717, 1.165) is 0 Å². The molecule has 0 spiro atoms. The van der Waals surface area contributed by atoms with E-state index in [2.05, 4.69) is 0 Å². The predicted octanol–water partition coefficient (Wildman–Crippen LogP) is 0.423. The van der Waals surface area contributed by atoms with Crippen molar-refractivity contribution in [1.29, 1.82) is 0 Å². The number of hydrogen-bond acceptors (Lipinski definition) is 5. The first-order valence-corrected chi connectivity index (χ1v) is 7.47. The summed E-state index contributed by atoms with van der Waals surface area (Å²) in [4.78, 5) is 27.7. The molecule has 2 amide bonds. The number of nitrogens with zero attached hydrogens (tertiary/aromatic N) is 3. The number of aliphatic hydroxyl groups excluding tert-OH is 1. The number of carbonyl (C=O) groups excluding carboxylic acids is 2. The highest BCUT2D eigenvalue weighted by atomic mass is 19.1. The maximum Gasteiger partial charge on any atom is 0.414 e. The molecule has 2 aliphatic heterocycles. The van der Waals surface area contributed by atoms with Crippen molar-refractivity contribution in [2.75, 3.05) is 55.7 Å². The molecule has 1 aromatic rings. The summed E-state index contributed by atoms with van der Waals surface area (Å²) in [5.74, 6) is -0.725. The third-order valence-electron chi connectivity index (χ3n) is 4.11. The van der Waals surface area contributed by atoms with E-state index in [4.69, 9.17) is 9.84 Å². The lowest BCUT2D eigenvalue weighted by Crippen LogP contribution is -2.49. The molecule has 23 heavy (non-hydrogen) atoms. The molecule has 1 aromatic carbocycles. The van der Waals surface area contributed by atoms with Gasteiger partial charge in [-0.1, -0.05) is 0 Å². The summed E-state index contributed by atoms with van der Waals surface area (Å²) >= 11 is 0. The van der Waals surface area contributed by atoms with Crippen LogP contribution in [0.5, 0.6) is 0 Å². The monoisotopic (exact) mass is 323 g/mol. The average Bonchev–Trinajstić information content (AvgIpc) is 3.00. The molecule has 0 atom stereocenters. The van der Waals surface area contributed by atoms with Gasteiger partial charge in [-0.05, 0) is 18.2 Å². The number of ether oxygens (including phenoxy) is 1. The van der Waals surface area contributed by atoms with Gasteiger partial charge in [0.15, 0.2) is 0 Å². The topological polar surface area (TPSA) is 73.3 Å². The molecule has 2 aliphatic rings. The lowest BCUT2D eigenvalue weighted by Gasteiger charge is -2.36. The van der Waals surface area contributed by atoms with E-state index in [1.807, 2.05) is 4.90 Å². The number of hydrogen-bond donors (Lipinski definition) is 1. The molecule has 7 nitrogen and oxygen atoms in total. The second-order valence-corrected chi connectivity index (χ2v) is 5.43. The summed E-state index contributed by atoms with van der Waals surface area (Å²) in [6.45, 7) is 2.09. The number of benzene rings is 1. The minimum atomic E-state index is -0.505. The molecule has 3 rings (SSSR count). The van der Waals surface area contributed by atoms with Gasteiger partial charge >= 0.3 is 6.09 Å². The fraction of sp³-hybridized carbons (Fsp3) is 0.467. The summed E-state index contributed by atoms with van der Waals surface area (Å²) < 4.78 is 19.2. The fourth-order valence-corrected chi connectivity index (χ4v) is 2.84. The molecular formula is C15H18FN3O4. The van der Waals surface area contributed by atoms with Crippen molar-refractivity contribution in [1.82, 2.24) is 4.90 Å². The quantitative estimate of drug-likeness (QED) is 0.873. The molecule has 0 radical (unpaired) electrons. The smallest absolute Gasteiger partial charge is 0.414 e. The zero-order valence-corrected chi connectivity index (χ0v) is 12.6. The molecule has 0 saturated carbocycles. The first-order valence-electron chi connectivity index (χ1n) is 7.47. The van der Waals surface area contributed by atoms with Crippen LogP contribution in [-0.2, 0) is 9.53 Å². The Morgan fingerprint density at radius 1 is 1.22 bits per heavy atom. The third-order valence-corrected chi connectivity index (χ3v) is 4.11. The first kappa shape index (κ1) is 15.5. The van der Waals surface area contributed by atoms with E-state index < -0.39 is 18.5 Å². The van der Waals surface area contributed by atoms with E-state index in [0.29, 0.717) is 50.7 Å². The van der Waals surface area contributed by atoms with Gasteiger partial charge in [-0.15, -0.1) is 0 Å². The number of cyclic esters (lactones) is 1. The third kappa shape index (κ3) is 3.07. The molecule has 0 aliphatic carbocycles. The van der Waals surface area contributed by atoms with E-state index in [1.165, 1.54) is 11.0 Å². The Balaban J connectivity index is 1.70. The normalized spacial score (nSPS) is 18.3. The maximum absolute atomic E-state index is 14.4. The number of anilines is 2. The van der Waals surface area contributed by atoms with Crippen LogP contribution in [0.4, 0.5) is 20.6 Å². The van der Waals surface area contributed by atoms with Gasteiger partial charge in [-0.3, -0.25) is 9.69 Å². The van der Waals surface area contributed by atoms with Gasteiger partial charge in [0.2, 0.25) is 5.91 Å². The van der Waals surface area contributed by atoms with Crippen molar-refractivity contribution in [2.45, 2.75) is 0 Å². The van der Waals surface area contributed by atoms with Gasteiger partial charge in [0.05, 0.1) is 17.9 Å². The Morgan fingerprint density at radius 3 is 2.52 bits per heavy atom. The average molecular weight is 323 g/mol.